The number of ketones is 2. The molecule has 4 aliphatic rings. The van der Waals surface area contributed by atoms with Gasteiger partial charge in [0.2, 0.25) is 11.6 Å². The summed E-state index contributed by atoms with van der Waals surface area (Å²) in [5.74, 6) is 0.370. The molecule has 0 spiro atoms. The molecule has 0 aromatic carbocycles. The average Bonchev–Trinajstić information content (AvgIpc) is 2.87. The van der Waals surface area contributed by atoms with Crippen LogP contribution in [0, 0.1) is 34.5 Å². The first kappa shape index (κ1) is 14.6. The van der Waals surface area contributed by atoms with Gasteiger partial charge in [0.25, 0.3) is 0 Å². The van der Waals surface area contributed by atoms with Gasteiger partial charge in [-0.3, -0.25) is 9.59 Å². The van der Waals surface area contributed by atoms with Crippen molar-refractivity contribution < 1.29 is 14.7 Å². The molecule has 0 aromatic heterocycles. The molecule has 0 amide bonds. The number of aliphatic hydroxyl groups is 1. The third-order valence-corrected chi connectivity index (χ3v) is 7.79. The van der Waals surface area contributed by atoms with E-state index in [1.165, 1.54) is 25.3 Å². The van der Waals surface area contributed by atoms with Crippen LogP contribution in [0.25, 0.3) is 0 Å². The van der Waals surface area contributed by atoms with E-state index in [-0.39, 0.29) is 35.4 Å². The Hall–Kier alpha value is -0.960. The fourth-order valence-corrected chi connectivity index (χ4v) is 6.52. The summed E-state index contributed by atoms with van der Waals surface area (Å²) in [4.78, 5) is 24.7. The molecule has 0 heterocycles. The summed E-state index contributed by atoms with van der Waals surface area (Å²) >= 11 is 0. The Kier molecular flexibility index (Phi) is 3.01. The van der Waals surface area contributed by atoms with Crippen LogP contribution in [-0.4, -0.2) is 22.8 Å². The van der Waals surface area contributed by atoms with Gasteiger partial charge in [0.05, 0.1) is 6.10 Å². The topological polar surface area (TPSA) is 54.4 Å². The highest BCUT2D eigenvalue weighted by molar-refractivity contribution is 6.44. The molecular formula is C19H26O3. The molecule has 22 heavy (non-hydrogen) atoms. The zero-order chi connectivity index (χ0) is 15.7. The minimum atomic E-state index is -0.584. The Morgan fingerprint density at radius 2 is 1.91 bits per heavy atom. The van der Waals surface area contributed by atoms with Crippen molar-refractivity contribution in [2.45, 2.75) is 58.5 Å². The van der Waals surface area contributed by atoms with Crippen molar-refractivity contribution in [2.24, 2.45) is 34.5 Å². The van der Waals surface area contributed by atoms with Crippen LogP contribution < -0.4 is 0 Å². The van der Waals surface area contributed by atoms with E-state index >= 15 is 0 Å². The summed E-state index contributed by atoms with van der Waals surface area (Å²) in [7, 11) is 0. The molecule has 7 atom stereocenters. The van der Waals surface area contributed by atoms with Crippen molar-refractivity contribution >= 4 is 11.6 Å². The van der Waals surface area contributed by atoms with Gasteiger partial charge < -0.3 is 5.11 Å². The normalized spacial score (nSPS) is 53.9. The van der Waals surface area contributed by atoms with E-state index in [1.807, 2.05) is 13.0 Å². The molecule has 3 saturated carbocycles. The number of fused-ring (bicyclic) bond motifs is 5. The van der Waals surface area contributed by atoms with E-state index in [9.17, 15) is 14.7 Å². The summed E-state index contributed by atoms with van der Waals surface area (Å²) in [5, 5.41) is 10.8. The summed E-state index contributed by atoms with van der Waals surface area (Å²) in [5.41, 5.74) is -0.247. The van der Waals surface area contributed by atoms with E-state index in [2.05, 4.69) is 6.92 Å². The Morgan fingerprint density at radius 3 is 2.68 bits per heavy atom. The molecule has 3 heteroatoms. The van der Waals surface area contributed by atoms with Gasteiger partial charge in [0.15, 0.2) is 0 Å². The zero-order valence-electron chi connectivity index (χ0n) is 13.5. The lowest BCUT2D eigenvalue weighted by Crippen LogP contribution is -2.60. The van der Waals surface area contributed by atoms with Gasteiger partial charge >= 0.3 is 0 Å². The molecule has 0 aromatic rings. The molecule has 0 radical (unpaired) electrons. The van der Waals surface area contributed by atoms with Crippen LogP contribution in [0.1, 0.15) is 52.4 Å². The Morgan fingerprint density at radius 1 is 1.14 bits per heavy atom. The van der Waals surface area contributed by atoms with Crippen molar-refractivity contribution in [1.82, 2.24) is 0 Å². The SMILES string of the molecule is C[C@@]12CCC[C@H]1[C@@H]1[C@H](O)CC3C=CC(=O)C(=O)[C@]3(C)[C@H]1CC2. The molecule has 120 valence electrons. The largest absolute Gasteiger partial charge is 0.393 e. The Bertz CT molecular complexity index is 565. The van der Waals surface area contributed by atoms with E-state index in [0.717, 1.165) is 12.8 Å². The van der Waals surface area contributed by atoms with Gasteiger partial charge in [0, 0.05) is 5.41 Å². The number of aliphatic hydroxyl groups excluding tert-OH is 1. The van der Waals surface area contributed by atoms with Crippen molar-refractivity contribution in [2.75, 3.05) is 0 Å². The summed E-state index contributed by atoms with van der Waals surface area (Å²) < 4.78 is 0. The third-order valence-electron chi connectivity index (χ3n) is 7.79. The van der Waals surface area contributed by atoms with E-state index in [1.54, 1.807) is 0 Å². The number of Topliss-reactive ketones (excluding diaryl/α,β-unsaturated/α-hetero) is 1. The molecule has 1 N–H and O–H groups in total. The number of hydrogen-bond acceptors (Lipinski definition) is 3. The zero-order valence-corrected chi connectivity index (χ0v) is 13.5. The fraction of sp³-hybridized carbons (Fsp3) is 0.789. The standard InChI is InChI=1S/C19H26O3/c1-18-8-3-4-12(18)16-13(7-9-18)19(2)11(10-15(16)21)5-6-14(20)17(19)22/h5-6,11-13,15-16,21H,3-4,7-10H2,1-2H3/t11?,12-,13-,15+,16-,18-,19-/m0/s1. The Labute approximate surface area is 132 Å². The lowest BCUT2D eigenvalue weighted by Gasteiger charge is -2.59. The number of carbonyl (C=O) groups excluding carboxylic acids is 2. The highest BCUT2D eigenvalue weighted by Gasteiger charge is 2.62. The van der Waals surface area contributed by atoms with Gasteiger partial charge in [-0.1, -0.05) is 26.3 Å². The highest BCUT2D eigenvalue weighted by atomic mass is 16.3. The van der Waals surface area contributed by atoms with Gasteiger partial charge in [-0.15, -0.1) is 0 Å². The number of hydrogen-bond donors (Lipinski definition) is 1. The lowest BCUT2D eigenvalue weighted by molar-refractivity contribution is -0.166. The van der Waals surface area contributed by atoms with Crippen molar-refractivity contribution in [1.29, 1.82) is 0 Å². The first-order valence-electron chi connectivity index (χ1n) is 8.83. The van der Waals surface area contributed by atoms with Crippen LogP contribution in [0.3, 0.4) is 0 Å². The number of allylic oxidation sites excluding steroid dienone is 2. The molecule has 0 aliphatic heterocycles. The van der Waals surface area contributed by atoms with Crippen molar-refractivity contribution in [3.05, 3.63) is 12.2 Å². The summed E-state index contributed by atoms with van der Waals surface area (Å²) in [6, 6.07) is 0. The predicted molar refractivity (Wildman–Crippen MR) is 83.0 cm³/mol. The van der Waals surface area contributed by atoms with E-state index in [0.29, 0.717) is 17.8 Å². The second-order valence-electron chi connectivity index (χ2n) is 8.62. The summed E-state index contributed by atoms with van der Waals surface area (Å²) in [6.07, 6.45) is 9.43. The highest BCUT2D eigenvalue weighted by Crippen LogP contribution is 2.64. The van der Waals surface area contributed by atoms with Gasteiger partial charge in [-0.25, -0.2) is 0 Å². The van der Waals surface area contributed by atoms with Crippen LogP contribution >= 0.6 is 0 Å². The van der Waals surface area contributed by atoms with Crippen LogP contribution in [-0.2, 0) is 9.59 Å². The Balaban J connectivity index is 1.78. The molecular weight excluding hydrogens is 276 g/mol. The molecule has 1 unspecified atom stereocenters. The van der Waals surface area contributed by atoms with Crippen molar-refractivity contribution in [3.8, 4) is 0 Å². The number of rotatable bonds is 0. The second kappa shape index (κ2) is 4.53. The monoisotopic (exact) mass is 302 g/mol. The maximum atomic E-state index is 12.7. The quantitative estimate of drug-likeness (QED) is 0.700. The van der Waals surface area contributed by atoms with Gasteiger partial charge in [-0.2, -0.15) is 0 Å². The minimum absolute atomic E-state index is 0.0275. The first-order chi connectivity index (χ1) is 10.4. The van der Waals surface area contributed by atoms with Gasteiger partial charge in [-0.05, 0) is 67.3 Å². The smallest absolute Gasteiger partial charge is 0.221 e. The minimum Gasteiger partial charge on any atom is -0.393 e. The number of carbonyl (C=O) groups is 2. The lowest BCUT2D eigenvalue weighted by atomic mass is 9.45. The molecule has 4 rings (SSSR count). The molecule has 4 aliphatic carbocycles. The maximum absolute atomic E-state index is 12.7. The van der Waals surface area contributed by atoms with Crippen LogP contribution in [0.4, 0.5) is 0 Å². The van der Waals surface area contributed by atoms with E-state index in [4.69, 9.17) is 0 Å². The fourth-order valence-electron chi connectivity index (χ4n) is 6.52. The maximum Gasteiger partial charge on any atom is 0.221 e. The van der Waals surface area contributed by atoms with Crippen LogP contribution in [0.2, 0.25) is 0 Å². The van der Waals surface area contributed by atoms with Crippen LogP contribution in [0.5, 0.6) is 0 Å². The summed E-state index contributed by atoms with van der Waals surface area (Å²) in [6.45, 7) is 4.37. The molecule has 0 bridgehead atoms. The molecule has 3 nitrogen and oxygen atoms in total. The van der Waals surface area contributed by atoms with Crippen LogP contribution in [0.15, 0.2) is 12.2 Å². The predicted octanol–water partition coefficient (Wildman–Crippen LogP) is 2.91. The second-order valence-corrected chi connectivity index (χ2v) is 8.62. The first-order valence-corrected chi connectivity index (χ1v) is 8.83. The van der Waals surface area contributed by atoms with Gasteiger partial charge in [0.1, 0.15) is 0 Å². The average molecular weight is 302 g/mol. The van der Waals surface area contributed by atoms with E-state index < -0.39 is 5.41 Å². The van der Waals surface area contributed by atoms with Crippen molar-refractivity contribution in [3.63, 3.8) is 0 Å². The third kappa shape index (κ3) is 1.66. The molecule has 0 saturated heterocycles. The molecule has 3 fully saturated rings.